The van der Waals surface area contributed by atoms with Crippen molar-refractivity contribution in [2.75, 3.05) is 39.8 Å². The Morgan fingerprint density at radius 3 is 2.52 bits per heavy atom. The summed E-state index contributed by atoms with van der Waals surface area (Å²) < 4.78 is 5.16. The molecule has 4 heterocycles. The first-order chi connectivity index (χ1) is 12.9. The van der Waals surface area contributed by atoms with Crippen LogP contribution in [-0.2, 0) is 4.79 Å². The molecular weight excluding hydrogens is 344 g/mol. The molecule has 3 fully saturated rings. The van der Waals surface area contributed by atoms with Crippen molar-refractivity contribution < 1.29 is 14.1 Å². The van der Waals surface area contributed by atoms with Crippen LogP contribution in [0.2, 0.25) is 0 Å². The van der Waals surface area contributed by atoms with Gasteiger partial charge in [0.1, 0.15) is 11.3 Å². The van der Waals surface area contributed by atoms with Crippen LogP contribution in [0.25, 0.3) is 0 Å². The standard InChI is InChI=1S/C20H30N4O3/c1-14-18(15(2)27-21-14)19(26)23-10-7-20(8-11-23)6-4-17(25)24(13-20)16-5-9-22(3)12-16/h16H,4-13H2,1-3H3/t16-/m0/s1. The Kier molecular flexibility index (Phi) is 4.74. The number of amides is 2. The third-order valence-electron chi connectivity index (χ3n) is 6.86. The zero-order chi connectivity index (χ0) is 19.2. The van der Waals surface area contributed by atoms with E-state index in [2.05, 4.69) is 22.0 Å². The van der Waals surface area contributed by atoms with Crippen LogP contribution in [0.1, 0.15) is 53.9 Å². The maximum atomic E-state index is 12.9. The first kappa shape index (κ1) is 18.5. The molecule has 3 aliphatic heterocycles. The monoisotopic (exact) mass is 374 g/mol. The molecule has 0 radical (unpaired) electrons. The number of likely N-dealkylation sites (tertiary alicyclic amines) is 3. The van der Waals surface area contributed by atoms with Crippen LogP contribution < -0.4 is 0 Å². The molecule has 2 amide bonds. The van der Waals surface area contributed by atoms with E-state index >= 15 is 0 Å². The van der Waals surface area contributed by atoms with Crippen LogP contribution in [0.3, 0.4) is 0 Å². The van der Waals surface area contributed by atoms with Crippen molar-refractivity contribution in [1.82, 2.24) is 19.9 Å². The van der Waals surface area contributed by atoms with Gasteiger partial charge in [-0.15, -0.1) is 0 Å². The molecule has 0 aromatic carbocycles. The molecule has 0 saturated carbocycles. The molecule has 0 bridgehead atoms. The third-order valence-corrected chi connectivity index (χ3v) is 6.86. The number of likely N-dealkylation sites (N-methyl/N-ethyl adjacent to an activating group) is 1. The van der Waals surface area contributed by atoms with Gasteiger partial charge in [0, 0.05) is 38.6 Å². The van der Waals surface area contributed by atoms with Crippen molar-refractivity contribution >= 4 is 11.8 Å². The van der Waals surface area contributed by atoms with Crippen molar-refractivity contribution in [1.29, 1.82) is 0 Å². The van der Waals surface area contributed by atoms with Gasteiger partial charge in [0.2, 0.25) is 5.91 Å². The molecule has 1 aromatic rings. The van der Waals surface area contributed by atoms with Gasteiger partial charge in [-0.25, -0.2) is 0 Å². The fraction of sp³-hybridized carbons (Fsp3) is 0.750. The zero-order valence-electron chi connectivity index (χ0n) is 16.7. The first-order valence-corrected chi connectivity index (χ1v) is 10.1. The number of rotatable bonds is 2. The van der Waals surface area contributed by atoms with E-state index in [4.69, 9.17) is 4.52 Å². The smallest absolute Gasteiger partial charge is 0.259 e. The molecular formula is C20H30N4O3. The van der Waals surface area contributed by atoms with Gasteiger partial charge in [-0.05, 0) is 58.5 Å². The number of hydrogen-bond acceptors (Lipinski definition) is 5. The highest BCUT2D eigenvalue weighted by Gasteiger charge is 2.44. The molecule has 3 saturated heterocycles. The Morgan fingerprint density at radius 1 is 1.19 bits per heavy atom. The lowest BCUT2D eigenvalue weighted by molar-refractivity contribution is -0.141. The molecule has 4 rings (SSSR count). The summed E-state index contributed by atoms with van der Waals surface area (Å²) in [6.45, 7) is 8.02. The number of hydrogen-bond donors (Lipinski definition) is 0. The Hall–Kier alpha value is -1.89. The molecule has 7 nitrogen and oxygen atoms in total. The zero-order valence-corrected chi connectivity index (χ0v) is 16.7. The number of carbonyl (C=O) groups excluding carboxylic acids is 2. The van der Waals surface area contributed by atoms with Crippen LogP contribution >= 0.6 is 0 Å². The number of nitrogens with zero attached hydrogens (tertiary/aromatic N) is 4. The number of piperidine rings is 2. The molecule has 0 unspecified atom stereocenters. The summed E-state index contributed by atoms with van der Waals surface area (Å²) in [5.74, 6) is 0.940. The summed E-state index contributed by atoms with van der Waals surface area (Å²) >= 11 is 0. The molecule has 1 spiro atoms. The van der Waals surface area contributed by atoms with Crippen molar-refractivity contribution in [3.63, 3.8) is 0 Å². The van der Waals surface area contributed by atoms with E-state index in [1.54, 1.807) is 6.92 Å². The third kappa shape index (κ3) is 3.37. The maximum Gasteiger partial charge on any atom is 0.259 e. The predicted molar refractivity (Wildman–Crippen MR) is 100 cm³/mol. The molecule has 27 heavy (non-hydrogen) atoms. The lowest BCUT2D eigenvalue weighted by Gasteiger charge is -2.49. The molecule has 0 N–H and O–H groups in total. The highest BCUT2D eigenvalue weighted by atomic mass is 16.5. The first-order valence-electron chi connectivity index (χ1n) is 10.1. The van der Waals surface area contributed by atoms with Gasteiger partial charge in [-0.2, -0.15) is 0 Å². The fourth-order valence-corrected chi connectivity index (χ4v) is 5.08. The van der Waals surface area contributed by atoms with Crippen molar-refractivity contribution in [2.24, 2.45) is 5.41 Å². The van der Waals surface area contributed by atoms with Gasteiger partial charge in [-0.3, -0.25) is 9.59 Å². The molecule has 1 atom stereocenters. The van der Waals surface area contributed by atoms with Gasteiger partial charge in [0.15, 0.2) is 0 Å². The van der Waals surface area contributed by atoms with E-state index < -0.39 is 0 Å². The Labute approximate surface area is 160 Å². The van der Waals surface area contributed by atoms with Crippen LogP contribution in [0.5, 0.6) is 0 Å². The largest absolute Gasteiger partial charge is 0.361 e. The van der Waals surface area contributed by atoms with Gasteiger partial charge in [-0.1, -0.05) is 5.16 Å². The lowest BCUT2D eigenvalue weighted by Crippen LogP contribution is -2.55. The minimum absolute atomic E-state index is 0.0299. The van der Waals surface area contributed by atoms with E-state index in [1.165, 1.54) is 0 Å². The minimum atomic E-state index is 0.0299. The Bertz CT molecular complexity index is 716. The van der Waals surface area contributed by atoms with E-state index in [0.29, 0.717) is 35.4 Å². The van der Waals surface area contributed by atoms with Crippen LogP contribution in [0.15, 0.2) is 4.52 Å². The van der Waals surface area contributed by atoms with Crippen molar-refractivity contribution in [3.05, 3.63) is 17.0 Å². The molecule has 7 heteroatoms. The van der Waals surface area contributed by atoms with Gasteiger partial charge >= 0.3 is 0 Å². The van der Waals surface area contributed by atoms with Crippen molar-refractivity contribution in [2.45, 2.75) is 52.0 Å². The molecule has 148 valence electrons. The average molecular weight is 374 g/mol. The summed E-state index contributed by atoms with van der Waals surface area (Å²) in [4.78, 5) is 31.8. The van der Waals surface area contributed by atoms with E-state index in [9.17, 15) is 9.59 Å². The fourth-order valence-electron chi connectivity index (χ4n) is 5.08. The second-order valence-corrected chi connectivity index (χ2v) is 8.72. The molecule has 3 aliphatic rings. The predicted octanol–water partition coefficient (Wildman–Crippen LogP) is 1.84. The van der Waals surface area contributed by atoms with Crippen molar-refractivity contribution in [3.8, 4) is 0 Å². The Balaban J connectivity index is 1.42. The van der Waals surface area contributed by atoms with E-state index in [0.717, 1.165) is 58.4 Å². The summed E-state index contributed by atoms with van der Waals surface area (Å²) in [6.07, 6.45) is 4.62. The summed E-state index contributed by atoms with van der Waals surface area (Å²) in [7, 11) is 2.13. The summed E-state index contributed by atoms with van der Waals surface area (Å²) in [5, 5.41) is 3.91. The van der Waals surface area contributed by atoms with Crippen LogP contribution in [-0.4, -0.2) is 77.5 Å². The molecule has 0 aliphatic carbocycles. The normalized spacial score (nSPS) is 26.2. The molecule has 1 aromatic heterocycles. The number of carbonyl (C=O) groups is 2. The van der Waals surface area contributed by atoms with Gasteiger partial charge in [0.25, 0.3) is 5.91 Å². The van der Waals surface area contributed by atoms with E-state index in [1.807, 2.05) is 11.8 Å². The Morgan fingerprint density at radius 2 is 1.93 bits per heavy atom. The SMILES string of the molecule is Cc1noc(C)c1C(=O)N1CCC2(CCC(=O)N([C@H]3CCN(C)C3)C2)CC1. The van der Waals surface area contributed by atoms with Crippen LogP contribution in [0, 0.1) is 19.3 Å². The highest BCUT2D eigenvalue weighted by molar-refractivity contribution is 5.96. The minimum Gasteiger partial charge on any atom is -0.361 e. The lowest BCUT2D eigenvalue weighted by atomic mass is 9.72. The highest BCUT2D eigenvalue weighted by Crippen LogP contribution is 2.41. The average Bonchev–Trinajstić information content (AvgIpc) is 3.23. The van der Waals surface area contributed by atoms with E-state index in [-0.39, 0.29) is 11.3 Å². The maximum absolute atomic E-state index is 12.9. The van der Waals surface area contributed by atoms with Crippen LogP contribution in [0.4, 0.5) is 0 Å². The number of aromatic nitrogens is 1. The summed E-state index contributed by atoms with van der Waals surface area (Å²) in [5.41, 5.74) is 1.45. The number of aryl methyl sites for hydroxylation is 2. The van der Waals surface area contributed by atoms with Gasteiger partial charge in [0.05, 0.1) is 5.69 Å². The van der Waals surface area contributed by atoms with Gasteiger partial charge < -0.3 is 19.2 Å². The second-order valence-electron chi connectivity index (χ2n) is 8.72. The summed E-state index contributed by atoms with van der Waals surface area (Å²) in [6, 6.07) is 0.363. The second kappa shape index (κ2) is 6.93. The topological polar surface area (TPSA) is 69.9 Å². The quantitative estimate of drug-likeness (QED) is 0.790.